The molecule has 1 fully saturated rings. The van der Waals surface area contributed by atoms with E-state index in [4.69, 9.17) is 0 Å². The highest BCUT2D eigenvalue weighted by Gasteiger charge is 2.39. The Bertz CT molecular complexity index is 253. The third kappa shape index (κ3) is 6.19. The minimum absolute atomic E-state index is 0.566. The molecule has 0 radical (unpaired) electrons. The zero-order chi connectivity index (χ0) is 15.2. The van der Waals surface area contributed by atoms with Gasteiger partial charge in [0.1, 0.15) is 0 Å². The lowest BCUT2D eigenvalue weighted by atomic mass is 9.82. The van der Waals surface area contributed by atoms with Crippen molar-refractivity contribution in [1.29, 1.82) is 0 Å². The second kappa shape index (κ2) is 8.44. The van der Waals surface area contributed by atoms with Crippen LogP contribution < -0.4 is 0 Å². The smallest absolute Gasteiger partial charge is 0.0357 e. The second-order valence-corrected chi connectivity index (χ2v) is 8.31. The van der Waals surface area contributed by atoms with E-state index in [0.29, 0.717) is 5.41 Å². The van der Waals surface area contributed by atoms with Crippen LogP contribution in [0.5, 0.6) is 0 Å². The Balaban J connectivity index is 2.15. The zero-order valence-corrected chi connectivity index (χ0v) is 15.2. The summed E-state index contributed by atoms with van der Waals surface area (Å²) >= 11 is 0. The summed E-state index contributed by atoms with van der Waals surface area (Å²) in [6.45, 7) is 14.4. The molecule has 1 saturated carbocycles. The van der Waals surface area contributed by atoms with Crippen LogP contribution in [0.4, 0.5) is 0 Å². The van der Waals surface area contributed by atoms with E-state index < -0.39 is 0 Å². The van der Waals surface area contributed by atoms with Crippen LogP contribution in [0.15, 0.2) is 0 Å². The van der Waals surface area contributed by atoms with Crippen LogP contribution >= 0.6 is 0 Å². The van der Waals surface area contributed by atoms with E-state index in [-0.39, 0.29) is 0 Å². The summed E-state index contributed by atoms with van der Waals surface area (Å²) in [6.07, 6.45) is 13.0. The average molecular weight is 281 g/mol. The Labute approximate surface area is 129 Å². The van der Waals surface area contributed by atoms with E-state index >= 15 is 0 Å². The minimum atomic E-state index is 0.566. The van der Waals surface area contributed by atoms with Crippen molar-refractivity contribution in [2.24, 2.45) is 29.1 Å². The van der Waals surface area contributed by atoms with Crippen LogP contribution in [0.25, 0.3) is 0 Å². The molecule has 0 amide bonds. The zero-order valence-electron chi connectivity index (χ0n) is 15.2. The molecule has 0 bridgehead atoms. The van der Waals surface area contributed by atoms with Crippen molar-refractivity contribution in [3.8, 4) is 0 Å². The van der Waals surface area contributed by atoms with Gasteiger partial charge in [-0.3, -0.25) is 0 Å². The number of rotatable bonds is 11. The first-order valence-electron chi connectivity index (χ1n) is 9.43. The first kappa shape index (κ1) is 18.1. The predicted octanol–water partition coefficient (Wildman–Crippen LogP) is 7.08. The van der Waals surface area contributed by atoms with Crippen molar-refractivity contribution < 1.29 is 0 Å². The fourth-order valence-electron chi connectivity index (χ4n) is 3.65. The topological polar surface area (TPSA) is 0 Å². The Morgan fingerprint density at radius 1 is 1.05 bits per heavy atom. The monoisotopic (exact) mass is 280 g/mol. The molecule has 0 nitrogen and oxygen atoms in total. The fraction of sp³-hybridized carbons (Fsp3) is 1.00. The molecule has 0 aromatic carbocycles. The van der Waals surface area contributed by atoms with Crippen LogP contribution in [-0.4, -0.2) is 0 Å². The van der Waals surface area contributed by atoms with Gasteiger partial charge in [0, 0.05) is 0 Å². The summed E-state index contributed by atoms with van der Waals surface area (Å²) in [5.74, 6) is 4.15. The second-order valence-electron chi connectivity index (χ2n) is 8.31. The number of hydrogen-bond donors (Lipinski definition) is 0. The predicted molar refractivity (Wildman–Crippen MR) is 92.0 cm³/mol. The Morgan fingerprint density at radius 2 is 1.75 bits per heavy atom. The first-order chi connectivity index (χ1) is 9.43. The molecule has 0 saturated heterocycles. The van der Waals surface area contributed by atoms with E-state index in [2.05, 4.69) is 41.5 Å². The number of hydrogen-bond acceptors (Lipinski definition) is 0. The van der Waals surface area contributed by atoms with Crippen molar-refractivity contribution in [2.75, 3.05) is 0 Å². The molecule has 1 aliphatic rings. The SMILES string of the molecule is CCC(CCCC(C)(C)CC)CCC1CC1C(C)CC. The lowest BCUT2D eigenvalue weighted by Gasteiger charge is -2.24. The summed E-state index contributed by atoms with van der Waals surface area (Å²) < 4.78 is 0. The fourth-order valence-corrected chi connectivity index (χ4v) is 3.65. The lowest BCUT2D eigenvalue weighted by Crippen LogP contribution is -2.10. The third-order valence-corrected chi connectivity index (χ3v) is 6.30. The molecule has 0 spiro atoms. The summed E-state index contributed by atoms with van der Waals surface area (Å²) in [7, 11) is 0. The van der Waals surface area contributed by atoms with Gasteiger partial charge >= 0.3 is 0 Å². The molecule has 4 atom stereocenters. The molecule has 20 heavy (non-hydrogen) atoms. The van der Waals surface area contributed by atoms with Gasteiger partial charge in [-0.15, -0.1) is 0 Å². The molecule has 4 unspecified atom stereocenters. The maximum absolute atomic E-state index is 2.45. The van der Waals surface area contributed by atoms with E-state index in [0.717, 1.165) is 23.7 Å². The van der Waals surface area contributed by atoms with Gasteiger partial charge in [-0.1, -0.05) is 80.1 Å². The molecular weight excluding hydrogens is 240 g/mol. The molecule has 1 aliphatic carbocycles. The lowest BCUT2D eigenvalue weighted by molar-refractivity contribution is 0.287. The van der Waals surface area contributed by atoms with Gasteiger partial charge in [0.05, 0.1) is 0 Å². The van der Waals surface area contributed by atoms with Gasteiger partial charge in [-0.2, -0.15) is 0 Å². The van der Waals surface area contributed by atoms with Crippen molar-refractivity contribution in [1.82, 2.24) is 0 Å². The van der Waals surface area contributed by atoms with Gasteiger partial charge in [0.15, 0.2) is 0 Å². The van der Waals surface area contributed by atoms with E-state index in [1.807, 2.05) is 0 Å². The highest BCUT2D eigenvalue weighted by Crippen LogP contribution is 2.48. The van der Waals surface area contributed by atoms with Gasteiger partial charge in [0.2, 0.25) is 0 Å². The van der Waals surface area contributed by atoms with E-state index in [9.17, 15) is 0 Å². The van der Waals surface area contributed by atoms with Crippen molar-refractivity contribution >= 4 is 0 Å². The van der Waals surface area contributed by atoms with Gasteiger partial charge in [-0.25, -0.2) is 0 Å². The normalized spacial score (nSPS) is 25.5. The summed E-state index contributed by atoms with van der Waals surface area (Å²) in [4.78, 5) is 0. The highest BCUT2D eigenvalue weighted by molar-refractivity contribution is 4.89. The molecule has 0 aliphatic heterocycles. The molecule has 0 aromatic heterocycles. The quantitative estimate of drug-likeness (QED) is 0.379. The maximum Gasteiger partial charge on any atom is -0.0357 e. The van der Waals surface area contributed by atoms with Crippen molar-refractivity contribution in [3.05, 3.63) is 0 Å². The van der Waals surface area contributed by atoms with E-state index in [1.165, 1.54) is 57.8 Å². The van der Waals surface area contributed by atoms with Crippen LogP contribution in [0.1, 0.15) is 99.3 Å². The van der Waals surface area contributed by atoms with Gasteiger partial charge in [0.25, 0.3) is 0 Å². The average Bonchev–Trinajstić information content (AvgIpc) is 3.21. The highest BCUT2D eigenvalue weighted by atomic mass is 14.4. The van der Waals surface area contributed by atoms with Crippen LogP contribution in [0.3, 0.4) is 0 Å². The minimum Gasteiger partial charge on any atom is -0.0651 e. The standard InChI is InChI=1S/C20H40/c1-7-16(4)19-15-18(19)13-12-17(8-2)11-10-14-20(5,6)9-3/h16-19H,7-15H2,1-6H3. The van der Waals surface area contributed by atoms with E-state index in [1.54, 1.807) is 0 Å². The summed E-state index contributed by atoms with van der Waals surface area (Å²) in [6, 6.07) is 0. The summed E-state index contributed by atoms with van der Waals surface area (Å²) in [5, 5.41) is 0. The van der Waals surface area contributed by atoms with Crippen LogP contribution in [-0.2, 0) is 0 Å². The molecule has 0 N–H and O–H groups in total. The Morgan fingerprint density at radius 3 is 2.30 bits per heavy atom. The Kier molecular flexibility index (Phi) is 7.62. The third-order valence-electron chi connectivity index (χ3n) is 6.30. The maximum atomic E-state index is 2.45. The van der Waals surface area contributed by atoms with Crippen molar-refractivity contribution in [3.63, 3.8) is 0 Å². The van der Waals surface area contributed by atoms with Gasteiger partial charge < -0.3 is 0 Å². The van der Waals surface area contributed by atoms with Crippen LogP contribution in [0, 0.1) is 29.1 Å². The molecule has 0 aromatic rings. The molecule has 120 valence electrons. The first-order valence-corrected chi connectivity index (χ1v) is 9.43. The Hall–Kier alpha value is 0. The summed E-state index contributed by atoms with van der Waals surface area (Å²) in [5.41, 5.74) is 0.566. The van der Waals surface area contributed by atoms with Crippen molar-refractivity contribution in [2.45, 2.75) is 99.3 Å². The largest absolute Gasteiger partial charge is 0.0651 e. The molecule has 0 heterocycles. The van der Waals surface area contributed by atoms with Crippen LogP contribution in [0.2, 0.25) is 0 Å². The molecule has 1 rings (SSSR count). The van der Waals surface area contributed by atoms with Gasteiger partial charge in [-0.05, 0) is 48.3 Å². The molecule has 0 heteroatoms. The molecular formula is C20H40.